The van der Waals surface area contributed by atoms with Gasteiger partial charge in [-0.05, 0) is 90.0 Å². The number of ether oxygens (including phenoxy) is 1. The van der Waals surface area contributed by atoms with Gasteiger partial charge in [-0.25, -0.2) is 0 Å². The average molecular weight is 412 g/mol. The van der Waals surface area contributed by atoms with Crippen molar-refractivity contribution in [1.29, 1.82) is 0 Å². The van der Waals surface area contributed by atoms with Crippen molar-refractivity contribution in [3.8, 4) is 0 Å². The highest BCUT2D eigenvalue weighted by Crippen LogP contribution is 2.69. The predicted octanol–water partition coefficient (Wildman–Crippen LogP) is 6.05. The maximum absolute atomic E-state index is 12.4. The fourth-order valence-corrected chi connectivity index (χ4v) is 8.09. The number of rotatable bonds is 1. The average Bonchev–Trinajstić information content (AvgIpc) is 3.28. The van der Waals surface area contributed by atoms with Gasteiger partial charge in [-0.3, -0.25) is 9.78 Å². The van der Waals surface area contributed by atoms with Crippen LogP contribution in [-0.2, 0) is 9.53 Å². The topological polar surface area (TPSA) is 39.2 Å². The van der Waals surface area contributed by atoms with E-state index in [1.165, 1.54) is 40.3 Å². The van der Waals surface area contributed by atoms with E-state index in [0.717, 1.165) is 25.7 Å². The summed E-state index contributed by atoms with van der Waals surface area (Å²) in [5.74, 6) is 1.44. The molecule has 5 unspecified atom stereocenters. The van der Waals surface area contributed by atoms with Gasteiger partial charge in [0.15, 0.2) is 0 Å². The summed E-state index contributed by atoms with van der Waals surface area (Å²) < 4.78 is 7.12. The van der Waals surface area contributed by atoms with Gasteiger partial charge in [0.2, 0.25) is 0 Å². The first-order valence-corrected chi connectivity index (χ1v) is 12.0. The lowest BCUT2D eigenvalue weighted by molar-refractivity contribution is -0.146. The molecule has 3 fully saturated rings. The molecule has 1 aromatic heterocycles. The third-order valence-electron chi connectivity index (χ3n) is 9.57. The molecule has 2 bridgehead atoms. The van der Waals surface area contributed by atoms with E-state index in [9.17, 15) is 4.79 Å². The van der Waals surface area contributed by atoms with E-state index in [-0.39, 0.29) is 16.6 Å². The van der Waals surface area contributed by atoms with Crippen molar-refractivity contribution >= 4 is 16.6 Å². The number of fused-ring (bicyclic) bond motifs is 2. The Morgan fingerprint density at radius 1 is 1.10 bits per heavy atom. The molecule has 3 heteroatoms. The number of hydrogen-bond acceptors (Lipinski definition) is 3. The second-order valence-corrected chi connectivity index (χ2v) is 10.9. The number of hydrogen-bond donors (Lipinski definition) is 0. The summed E-state index contributed by atoms with van der Waals surface area (Å²) in [4.78, 5) is 16.7. The normalized spacial score (nSPS) is 40.7. The van der Waals surface area contributed by atoms with E-state index in [2.05, 4.69) is 48.3 Å². The molecule has 3 aliphatic carbocycles. The van der Waals surface area contributed by atoms with Crippen LogP contribution in [0, 0.1) is 11.3 Å². The zero-order valence-electron chi connectivity index (χ0n) is 18.2. The first kappa shape index (κ1) is 18.3. The van der Waals surface area contributed by atoms with Gasteiger partial charge < -0.3 is 4.74 Å². The molecule has 7 rings (SSSR count). The van der Waals surface area contributed by atoms with Crippen LogP contribution in [0.5, 0.6) is 0 Å². The third kappa shape index (κ3) is 2.28. The molecule has 0 amide bonds. The molecule has 1 saturated heterocycles. The van der Waals surface area contributed by atoms with Crippen LogP contribution in [0.2, 0.25) is 0 Å². The van der Waals surface area contributed by atoms with E-state index in [0.29, 0.717) is 30.5 Å². The summed E-state index contributed by atoms with van der Waals surface area (Å²) in [5.41, 5.74) is 3.99. The lowest BCUT2D eigenvalue weighted by Gasteiger charge is -2.53. The third-order valence-corrected chi connectivity index (χ3v) is 9.57. The number of carbonyl (C=O) groups is 1. The molecule has 0 N–H and O–H groups in total. The van der Waals surface area contributed by atoms with Crippen LogP contribution < -0.4 is 0 Å². The Morgan fingerprint density at radius 2 is 2.03 bits per heavy atom. The molecule has 0 radical (unpaired) electrons. The van der Waals surface area contributed by atoms with Crippen molar-refractivity contribution in [3.63, 3.8) is 0 Å². The second-order valence-electron chi connectivity index (χ2n) is 10.9. The van der Waals surface area contributed by atoms with Crippen LogP contribution in [0.4, 0.5) is 0 Å². The van der Waals surface area contributed by atoms with Crippen molar-refractivity contribution in [2.75, 3.05) is 0 Å². The van der Waals surface area contributed by atoms with Crippen molar-refractivity contribution in [1.82, 2.24) is 4.98 Å². The molecule has 2 saturated carbocycles. The second kappa shape index (κ2) is 5.95. The van der Waals surface area contributed by atoms with E-state index in [4.69, 9.17) is 4.74 Å². The minimum Gasteiger partial charge on any atom is -0.359 e. The molecular formula is C28H29NO2. The number of aromatic nitrogens is 1. The minimum absolute atomic E-state index is 0.179. The molecule has 1 aromatic carbocycles. The van der Waals surface area contributed by atoms with E-state index < -0.39 is 0 Å². The maximum Gasteiger partial charge on any atom is 0.136 e. The van der Waals surface area contributed by atoms with Gasteiger partial charge in [0, 0.05) is 30.6 Å². The van der Waals surface area contributed by atoms with Gasteiger partial charge in [0.25, 0.3) is 0 Å². The van der Waals surface area contributed by atoms with Crippen LogP contribution in [0.3, 0.4) is 0 Å². The van der Waals surface area contributed by atoms with E-state index in [1.54, 1.807) is 0 Å². The fourth-order valence-electron chi connectivity index (χ4n) is 8.09. The van der Waals surface area contributed by atoms with Crippen LogP contribution in [0.1, 0.15) is 69.8 Å². The van der Waals surface area contributed by atoms with Crippen LogP contribution in [0.15, 0.2) is 60.0 Å². The van der Waals surface area contributed by atoms with Gasteiger partial charge in [0.05, 0.1) is 11.2 Å². The SMILES string of the molecule is CC12CC=C3C=C4CCC(=O)CC45CCC3(O5)C1CCC2c1ccc2ccncc2c1. The monoisotopic (exact) mass is 411 g/mol. The van der Waals surface area contributed by atoms with E-state index in [1.807, 2.05) is 12.4 Å². The van der Waals surface area contributed by atoms with Crippen molar-refractivity contribution < 1.29 is 9.53 Å². The smallest absolute Gasteiger partial charge is 0.136 e. The highest BCUT2D eigenvalue weighted by atomic mass is 16.5. The Hall–Kier alpha value is -2.26. The Bertz CT molecular complexity index is 1190. The Labute approximate surface area is 183 Å². The number of nitrogens with zero attached hydrogens (tertiary/aromatic N) is 1. The quantitative estimate of drug-likeness (QED) is 0.574. The zero-order valence-corrected chi connectivity index (χ0v) is 18.2. The summed E-state index contributed by atoms with van der Waals surface area (Å²) in [6.45, 7) is 2.50. The Balaban J connectivity index is 1.31. The number of carbonyl (C=O) groups excluding carboxylic acids is 1. The van der Waals surface area contributed by atoms with Gasteiger partial charge in [0.1, 0.15) is 5.78 Å². The first-order chi connectivity index (χ1) is 15.0. The van der Waals surface area contributed by atoms with Crippen molar-refractivity contribution in [2.45, 2.75) is 75.4 Å². The first-order valence-electron chi connectivity index (χ1n) is 12.0. The van der Waals surface area contributed by atoms with Gasteiger partial charge in [-0.2, -0.15) is 0 Å². The Morgan fingerprint density at radius 3 is 2.97 bits per heavy atom. The van der Waals surface area contributed by atoms with Crippen LogP contribution >= 0.6 is 0 Å². The molecule has 2 aliphatic heterocycles. The summed E-state index contributed by atoms with van der Waals surface area (Å²) in [7, 11) is 0. The molecule has 5 atom stereocenters. The molecule has 3 nitrogen and oxygen atoms in total. The minimum atomic E-state index is -0.294. The van der Waals surface area contributed by atoms with Gasteiger partial charge in [-0.1, -0.05) is 31.2 Å². The van der Waals surface area contributed by atoms with Gasteiger partial charge in [-0.15, -0.1) is 0 Å². The van der Waals surface area contributed by atoms with Crippen molar-refractivity contribution in [2.24, 2.45) is 11.3 Å². The highest BCUT2D eigenvalue weighted by molar-refractivity contribution is 5.83. The number of allylic oxidation sites excluding steroid dienone is 1. The maximum atomic E-state index is 12.4. The zero-order chi connectivity index (χ0) is 20.8. The number of benzene rings is 1. The molecular weight excluding hydrogens is 382 g/mol. The standard InChI is InChI=1S/C28H29NO2/c1-26-10-8-22-15-21-4-5-23(30)16-27(21)11-12-28(22,31-27)25(26)7-6-24(26)19-3-2-18-9-13-29-17-20(18)14-19/h2-3,8-9,13-15,17,24-25H,4-7,10-12,16H2,1H3. The Kier molecular flexibility index (Phi) is 3.52. The molecule has 2 aromatic rings. The summed E-state index contributed by atoms with van der Waals surface area (Å²) >= 11 is 0. The fraction of sp³-hybridized carbons (Fsp3) is 0.500. The summed E-state index contributed by atoms with van der Waals surface area (Å²) in [5, 5.41) is 2.50. The largest absolute Gasteiger partial charge is 0.359 e. The predicted molar refractivity (Wildman–Crippen MR) is 121 cm³/mol. The van der Waals surface area contributed by atoms with Gasteiger partial charge >= 0.3 is 0 Å². The molecule has 31 heavy (non-hydrogen) atoms. The van der Waals surface area contributed by atoms with E-state index >= 15 is 0 Å². The summed E-state index contributed by atoms with van der Waals surface area (Å²) in [6, 6.07) is 9.06. The molecule has 5 aliphatic rings. The molecule has 3 heterocycles. The van der Waals surface area contributed by atoms with Crippen molar-refractivity contribution in [3.05, 3.63) is 65.5 Å². The lowest BCUT2D eigenvalue weighted by Crippen LogP contribution is -2.53. The lowest BCUT2D eigenvalue weighted by atomic mass is 9.58. The summed E-state index contributed by atoms with van der Waals surface area (Å²) in [6.07, 6.45) is 16.6. The van der Waals surface area contributed by atoms with Crippen LogP contribution in [-0.4, -0.2) is 22.0 Å². The number of ketones is 1. The number of Topliss-reactive ketones (excluding diaryl/α,β-unsaturated/α-hetero) is 1. The molecule has 158 valence electrons. The highest BCUT2D eigenvalue weighted by Gasteiger charge is 2.66. The van der Waals surface area contributed by atoms with Crippen LogP contribution in [0.25, 0.3) is 10.8 Å². The molecule has 2 spiro atoms. The number of pyridine rings is 1.